The Kier molecular flexibility index (Phi) is 5.09. The Labute approximate surface area is 184 Å². The molecule has 33 heavy (non-hydrogen) atoms. The lowest BCUT2D eigenvalue weighted by molar-refractivity contribution is -0.384. The maximum absolute atomic E-state index is 13.2. The fraction of sp³-hybridized carbons (Fsp3) is 0.136. The first-order valence-electron chi connectivity index (χ1n) is 9.68. The number of hydrogen-bond acceptors (Lipinski definition) is 8. The first-order chi connectivity index (χ1) is 15.6. The summed E-state index contributed by atoms with van der Waals surface area (Å²) in [6, 6.07) is 11.4. The van der Waals surface area contributed by atoms with Gasteiger partial charge in [0.15, 0.2) is 0 Å². The standard InChI is InChI=1S/C22H18N4O7/c1-24-19(23)17(20(28)25(2)22(24)30)15(11-7-9-12(10-8-11)26(31)32)16-18(27)13-5-3-4-6-14(13)33-21(16)29/h3-10,15,27H,23H2,1-2H3. The van der Waals surface area contributed by atoms with Gasteiger partial charge in [-0.3, -0.25) is 24.0 Å². The maximum atomic E-state index is 13.2. The quantitative estimate of drug-likeness (QED) is 0.269. The smallest absolute Gasteiger partial charge is 0.344 e. The van der Waals surface area contributed by atoms with Crippen LogP contribution in [0.2, 0.25) is 0 Å². The fourth-order valence-electron chi connectivity index (χ4n) is 3.83. The third-order valence-electron chi connectivity index (χ3n) is 5.58. The van der Waals surface area contributed by atoms with Gasteiger partial charge in [-0.05, 0) is 17.7 Å². The van der Waals surface area contributed by atoms with Crippen LogP contribution in [0.25, 0.3) is 11.0 Å². The molecule has 0 aliphatic carbocycles. The third-order valence-corrected chi connectivity index (χ3v) is 5.58. The molecule has 2 heterocycles. The number of rotatable bonds is 4. The monoisotopic (exact) mass is 450 g/mol. The molecule has 0 aliphatic heterocycles. The molecule has 0 saturated heterocycles. The molecule has 11 heteroatoms. The number of nitro benzene ring substituents is 1. The highest BCUT2D eigenvalue weighted by Gasteiger charge is 2.32. The number of hydrogen-bond donors (Lipinski definition) is 2. The lowest BCUT2D eigenvalue weighted by Gasteiger charge is -2.21. The van der Waals surface area contributed by atoms with Gasteiger partial charge in [0.1, 0.15) is 17.2 Å². The highest BCUT2D eigenvalue weighted by Crippen LogP contribution is 2.38. The van der Waals surface area contributed by atoms with Gasteiger partial charge in [0.05, 0.1) is 27.4 Å². The number of nitrogens with zero attached hydrogens (tertiary/aromatic N) is 3. The van der Waals surface area contributed by atoms with Crippen molar-refractivity contribution in [3.63, 3.8) is 0 Å². The summed E-state index contributed by atoms with van der Waals surface area (Å²) < 4.78 is 7.24. The van der Waals surface area contributed by atoms with Crippen LogP contribution in [0.1, 0.15) is 22.6 Å². The molecular formula is C22H18N4O7. The number of aromatic nitrogens is 2. The van der Waals surface area contributed by atoms with Crippen LogP contribution >= 0.6 is 0 Å². The summed E-state index contributed by atoms with van der Waals surface area (Å²) in [5.41, 5.74) is 3.47. The number of nitrogen functional groups attached to an aromatic ring is 1. The SMILES string of the molecule is Cn1c(N)c(C(c2ccc([N+](=O)[O-])cc2)c2c(O)c3ccccc3oc2=O)c(=O)n(C)c1=O. The Morgan fingerprint density at radius 1 is 1.00 bits per heavy atom. The molecule has 11 nitrogen and oxygen atoms in total. The van der Waals surface area contributed by atoms with Gasteiger partial charge in [0, 0.05) is 26.2 Å². The van der Waals surface area contributed by atoms with Gasteiger partial charge in [-0.2, -0.15) is 0 Å². The van der Waals surface area contributed by atoms with Gasteiger partial charge in [0.2, 0.25) is 0 Å². The molecule has 0 bridgehead atoms. The number of anilines is 1. The Morgan fingerprint density at radius 2 is 1.64 bits per heavy atom. The number of nitro groups is 1. The van der Waals surface area contributed by atoms with E-state index in [4.69, 9.17) is 10.2 Å². The average molecular weight is 450 g/mol. The van der Waals surface area contributed by atoms with Crippen molar-refractivity contribution >= 4 is 22.5 Å². The van der Waals surface area contributed by atoms with Crippen LogP contribution in [0.15, 0.2) is 67.3 Å². The molecule has 0 spiro atoms. The average Bonchev–Trinajstić information content (AvgIpc) is 2.80. The third kappa shape index (κ3) is 3.35. The molecule has 2 aromatic heterocycles. The molecule has 0 aliphatic rings. The van der Waals surface area contributed by atoms with E-state index in [2.05, 4.69) is 0 Å². The molecule has 0 fully saturated rings. The van der Waals surface area contributed by atoms with E-state index in [1.807, 2.05) is 0 Å². The summed E-state index contributed by atoms with van der Waals surface area (Å²) in [5.74, 6) is -1.93. The minimum Gasteiger partial charge on any atom is -0.507 e. The lowest BCUT2D eigenvalue weighted by Crippen LogP contribution is -2.41. The number of fused-ring (bicyclic) bond motifs is 1. The Balaban J connectivity index is 2.15. The predicted molar refractivity (Wildman–Crippen MR) is 120 cm³/mol. The van der Waals surface area contributed by atoms with E-state index in [-0.39, 0.29) is 39.2 Å². The van der Waals surface area contributed by atoms with Gasteiger partial charge in [0.25, 0.3) is 11.2 Å². The van der Waals surface area contributed by atoms with Crippen molar-refractivity contribution in [3.8, 4) is 5.75 Å². The van der Waals surface area contributed by atoms with Gasteiger partial charge in [-0.15, -0.1) is 0 Å². The summed E-state index contributed by atoms with van der Waals surface area (Å²) >= 11 is 0. The number of non-ortho nitro benzene ring substituents is 1. The molecule has 0 amide bonds. The first kappa shape index (κ1) is 21.6. The lowest BCUT2D eigenvalue weighted by atomic mass is 9.85. The number of benzene rings is 2. The zero-order valence-electron chi connectivity index (χ0n) is 17.5. The molecule has 2 aromatic carbocycles. The summed E-state index contributed by atoms with van der Waals surface area (Å²) in [7, 11) is 2.61. The number of para-hydroxylation sites is 1. The molecule has 0 radical (unpaired) electrons. The second-order valence-electron chi connectivity index (χ2n) is 7.43. The van der Waals surface area contributed by atoms with Crippen LogP contribution in [0.5, 0.6) is 5.75 Å². The molecule has 1 atom stereocenters. The zero-order chi connectivity index (χ0) is 24.0. The maximum Gasteiger partial charge on any atom is 0.344 e. The molecular weight excluding hydrogens is 432 g/mol. The predicted octanol–water partition coefficient (Wildman–Crippen LogP) is 1.57. The minimum absolute atomic E-state index is 0.132. The zero-order valence-corrected chi connectivity index (χ0v) is 17.5. The molecule has 168 valence electrons. The van der Waals surface area contributed by atoms with Gasteiger partial charge in [-0.1, -0.05) is 24.3 Å². The van der Waals surface area contributed by atoms with Crippen molar-refractivity contribution in [3.05, 3.63) is 107 Å². The van der Waals surface area contributed by atoms with Crippen molar-refractivity contribution < 1.29 is 14.4 Å². The minimum atomic E-state index is -1.28. The van der Waals surface area contributed by atoms with E-state index < -0.39 is 33.5 Å². The van der Waals surface area contributed by atoms with Crippen LogP contribution in [0.4, 0.5) is 11.5 Å². The van der Waals surface area contributed by atoms with Crippen molar-refractivity contribution in [2.75, 3.05) is 5.73 Å². The van der Waals surface area contributed by atoms with Crippen molar-refractivity contribution in [2.45, 2.75) is 5.92 Å². The van der Waals surface area contributed by atoms with Crippen LogP contribution in [-0.4, -0.2) is 19.2 Å². The highest BCUT2D eigenvalue weighted by molar-refractivity contribution is 5.84. The molecule has 0 saturated carbocycles. The van der Waals surface area contributed by atoms with Crippen LogP contribution < -0.4 is 22.6 Å². The fourth-order valence-corrected chi connectivity index (χ4v) is 3.83. The molecule has 4 rings (SSSR count). The van der Waals surface area contributed by atoms with Crippen LogP contribution in [-0.2, 0) is 14.1 Å². The van der Waals surface area contributed by atoms with E-state index in [1.54, 1.807) is 12.1 Å². The van der Waals surface area contributed by atoms with E-state index in [1.165, 1.54) is 50.5 Å². The summed E-state index contributed by atoms with van der Waals surface area (Å²) in [6.45, 7) is 0. The molecule has 1 unspecified atom stereocenters. The topological polar surface area (TPSA) is 164 Å². The van der Waals surface area contributed by atoms with Gasteiger partial charge >= 0.3 is 11.3 Å². The Morgan fingerprint density at radius 3 is 2.27 bits per heavy atom. The molecule has 4 aromatic rings. The van der Waals surface area contributed by atoms with E-state index in [0.717, 1.165) is 9.13 Å². The van der Waals surface area contributed by atoms with E-state index in [0.29, 0.717) is 0 Å². The van der Waals surface area contributed by atoms with Crippen LogP contribution in [0, 0.1) is 10.1 Å². The second-order valence-corrected chi connectivity index (χ2v) is 7.43. The summed E-state index contributed by atoms with van der Waals surface area (Å²) in [5, 5.41) is 22.4. The largest absolute Gasteiger partial charge is 0.507 e. The Bertz CT molecular complexity index is 1600. The van der Waals surface area contributed by atoms with Crippen molar-refractivity contribution in [1.82, 2.24) is 9.13 Å². The summed E-state index contributed by atoms with van der Waals surface area (Å²) in [6.07, 6.45) is 0. The second kappa shape index (κ2) is 7.79. The highest BCUT2D eigenvalue weighted by atomic mass is 16.6. The van der Waals surface area contributed by atoms with Crippen molar-refractivity contribution in [1.29, 1.82) is 0 Å². The van der Waals surface area contributed by atoms with Gasteiger partial charge in [-0.25, -0.2) is 9.59 Å². The number of nitrogens with two attached hydrogens (primary N) is 1. The normalized spacial score (nSPS) is 12.1. The molecule has 3 N–H and O–H groups in total. The van der Waals surface area contributed by atoms with E-state index in [9.17, 15) is 29.6 Å². The Hall–Kier alpha value is -4.67. The van der Waals surface area contributed by atoms with Gasteiger partial charge < -0.3 is 15.3 Å². The van der Waals surface area contributed by atoms with Crippen LogP contribution in [0.3, 0.4) is 0 Å². The van der Waals surface area contributed by atoms with E-state index >= 15 is 0 Å². The first-order valence-corrected chi connectivity index (χ1v) is 9.68. The number of aromatic hydroxyl groups is 1. The summed E-state index contributed by atoms with van der Waals surface area (Å²) in [4.78, 5) is 49.0. The van der Waals surface area contributed by atoms with Crippen molar-refractivity contribution in [2.24, 2.45) is 14.1 Å².